The second-order valence-corrected chi connectivity index (χ2v) is 8.13. The second kappa shape index (κ2) is 7.24. The van der Waals surface area contributed by atoms with Gasteiger partial charge in [-0.1, -0.05) is 0 Å². The van der Waals surface area contributed by atoms with Crippen LogP contribution in [0.1, 0.15) is 0 Å². The molecular formula is C13F10PS2-. The third kappa shape index (κ3) is 3.03. The number of thiocarbonyl (C=S) groups is 1. The van der Waals surface area contributed by atoms with Crippen LogP contribution in [0.4, 0.5) is 43.9 Å². The maximum Gasteiger partial charge on any atom is 0.200 e. The highest BCUT2D eigenvalue weighted by atomic mass is 32.1. The number of hydrogen-bond acceptors (Lipinski definition) is 2. The van der Waals surface area contributed by atoms with Crippen LogP contribution in [0.2, 0.25) is 0 Å². The lowest BCUT2D eigenvalue weighted by atomic mass is 10.3. The number of benzene rings is 2. The highest BCUT2D eigenvalue weighted by molar-refractivity contribution is 8.23. The minimum absolute atomic E-state index is 1.16. The van der Waals surface area contributed by atoms with Gasteiger partial charge in [-0.15, -0.1) is 3.94 Å². The van der Waals surface area contributed by atoms with Crippen LogP contribution in [0.5, 0.6) is 0 Å². The summed E-state index contributed by atoms with van der Waals surface area (Å²) < 4.78 is 134. The molecule has 0 radical (unpaired) electrons. The first-order chi connectivity index (χ1) is 11.9. The Labute approximate surface area is 150 Å². The van der Waals surface area contributed by atoms with Gasteiger partial charge in [-0.05, 0) is 7.92 Å². The molecule has 0 amide bonds. The molecule has 13 heteroatoms. The molecular weight excluding hydrogens is 441 g/mol. The Bertz CT molecular complexity index is 818. The van der Waals surface area contributed by atoms with E-state index in [-0.39, 0.29) is 0 Å². The average Bonchev–Trinajstić information content (AvgIpc) is 2.60. The van der Waals surface area contributed by atoms with E-state index >= 15 is 0 Å². The van der Waals surface area contributed by atoms with E-state index < -0.39 is 80.6 Å². The maximum atomic E-state index is 13.9. The molecule has 0 heterocycles. The number of rotatable bonds is 3. The van der Waals surface area contributed by atoms with E-state index in [1.807, 2.05) is 0 Å². The minimum Gasteiger partial charge on any atom is -0.427 e. The molecule has 0 bridgehead atoms. The standard InChI is InChI=1S/C13HF10PS2/c14-1-3(16)7(20)11(8(21)4(1)17)24(13(25)26)12-9(22)5(18)2(15)6(19)10(12)23/h(H,25,26)/p-1. The van der Waals surface area contributed by atoms with Gasteiger partial charge in [0.05, 0.1) is 10.6 Å². The van der Waals surface area contributed by atoms with Crippen molar-refractivity contribution >= 4 is 47.3 Å². The van der Waals surface area contributed by atoms with E-state index in [0.717, 1.165) is 0 Å². The van der Waals surface area contributed by atoms with Gasteiger partial charge in [-0.25, -0.2) is 43.9 Å². The van der Waals surface area contributed by atoms with Crippen molar-refractivity contribution in [3.05, 3.63) is 58.2 Å². The number of halogens is 10. The zero-order valence-electron chi connectivity index (χ0n) is 11.5. The molecule has 0 saturated carbocycles. The van der Waals surface area contributed by atoms with Crippen molar-refractivity contribution in [3.63, 3.8) is 0 Å². The van der Waals surface area contributed by atoms with Crippen LogP contribution in [0.25, 0.3) is 0 Å². The van der Waals surface area contributed by atoms with Gasteiger partial charge in [0.1, 0.15) is 0 Å². The lowest BCUT2D eigenvalue weighted by molar-refractivity contribution is 0.383. The molecule has 0 saturated heterocycles. The van der Waals surface area contributed by atoms with Crippen LogP contribution in [-0.2, 0) is 12.6 Å². The lowest BCUT2D eigenvalue weighted by Gasteiger charge is -2.25. The predicted molar refractivity (Wildman–Crippen MR) is 78.6 cm³/mol. The summed E-state index contributed by atoms with van der Waals surface area (Å²) in [4.78, 5) is 0. The summed E-state index contributed by atoms with van der Waals surface area (Å²) in [5.74, 6) is -25.4. The largest absolute Gasteiger partial charge is 0.427 e. The zero-order chi connectivity index (χ0) is 20.1. The molecule has 0 aliphatic heterocycles. The summed E-state index contributed by atoms with van der Waals surface area (Å²) in [5, 5.41) is -3.75. The van der Waals surface area contributed by atoms with E-state index in [1.165, 1.54) is 0 Å². The highest BCUT2D eigenvalue weighted by Gasteiger charge is 2.36. The maximum absolute atomic E-state index is 13.9. The van der Waals surface area contributed by atoms with Crippen LogP contribution >= 0.6 is 20.1 Å². The summed E-state index contributed by atoms with van der Waals surface area (Å²) in [6, 6.07) is 0. The van der Waals surface area contributed by atoms with Gasteiger partial charge in [0.25, 0.3) is 0 Å². The van der Waals surface area contributed by atoms with Crippen molar-refractivity contribution < 1.29 is 43.9 Å². The fourth-order valence-corrected chi connectivity index (χ4v) is 4.74. The topological polar surface area (TPSA) is 0 Å². The van der Waals surface area contributed by atoms with E-state index in [2.05, 4.69) is 24.8 Å². The van der Waals surface area contributed by atoms with Crippen molar-refractivity contribution in [2.24, 2.45) is 0 Å². The molecule has 0 atom stereocenters. The summed E-state index contributed by atoms with van der Waals surface area (Å²) in [7, 11) is -3.63. The fourth-order valence-electron chi connectivity index (χ4n) is 1.87. The van der Waals surface area contributed by atoms with Gasteiger partial charge in [0.2, 0.25) is 11.6 Å². The van der Waals surface area contributed by atoms with Gasteiger partial charge >= 0.3 is 0 Å². The first-order valence-electron chi connectivity index (χ1n) is 5.97. The summed E-state index contributed by atoms with van der Waals surface area (Å²) in [5.41, 5.74) is 0. The molecule has 0 N–H and O–H groups in total. The molecule has 0 aliphatic rings. The van der Waals surface area contributed by atoms with Gasteiger partial charge < -0.3 is 24.8 Å². The molecule has 0 aliphatic carbocycles. The number of hydrogen-bond donors (Lipinski definition) is 0. The normalized spacial score (nSPS) is 11.3. The SMILES string of the molecule is Fc1c(F)c(F)c(P(C(=S)[S-])c2c(F)c(F)c(F)c(F)c2F)c(F)c1F. The summed E-state index contributed by atoms with van der Waals surface area (Å²) in [6.45, 7) is 0. The van der Waals surface area contributed by atoms with Gasteiger partial charge in [0, 0.05) is 0 Å². The van der Waals surface area contributed by atoms with Crippen LogP contribution in [0.15, 0.2) is 0 Å². The Morgan fingerprint density at radius 3 is 0.885 bits per heavy atom. The molecule has 2 aromatic rings. The highest BCUT2D eigenvalue weighted by Crippen LogP contribution is 2.41. The van der Waals surface area contributed by atoms with E-state index in [1.54, 1.807) is 0 Å². The van der Waals surface area contributed by atoms with E-state index in [4.69, 9.17) is 0 Å². The van der Waals surface area contributed by atoms with Gasteiger partial charge in [0.15, 0.2) is 46.5 Å². The molecule has 0 nitrogen and oxygen atoms in total. The van der Waals surface area contributed by atoms with Gasteiger partial charge in [-0.2, -0.15) is 0 Å². The quantitative estimate of drug-likeness (QED) is 0.174. The van der Waals surface area contributed by atoms with Crippen LogP contribution < -0.4 is 10.6 Å². The molecule has 0 unspecified atom stereocenters. The Kier molecular flexibility index (Phi) is 5.79. The Morgan fingerprint density at radius 2 is 0.692 bits per heavy atom. The van der Waals surface area contributed by atoms with Crippen LogP contribution in [0.3, 0.4) is 0 Å². The van der Waals surface area contributed by atoms with Gasteiger partial charge in [-0.3, -0.25) is 0 Å². The predicted octanol–water partition coefficient (Wildman–Crippen LogP) is 4.34. The second-order valence-electron chi connectivity index (χ2n) is 4.44. The molecule has 26 heavy (non-hydrogen) atoms. The first kappa shape index (κ1) is 20.8. The average molecular weight is 441 g/mol. The smallest absolute Gasteiger partial charge is 0.200 e. The monoisotopic (exact) mass is 441 g/mol. The van der Waals surface area contributed by atoms with Crippen LogP contribution in [0, 0.1) is 58.2 Å². The van der Waals surface area contributed by atoms with Crippen molar-refractivity contribution in [1.82, 2.24) is 0 Å². The third-order valence-corrected chi connectivity index (χ3v) is 6.14. The molecule has 2 aromatic carbocycles. The summed E-state index contributed by atoms with van der Waals surface area (Å²) in [6.07, 6.45) is 0. The molecule has 2 rings (SSSR count). The Hall–Kier alpha value is -1.52. The van der Waals surface area contributed by atoms with Crippen molar-refractivity contribution in [3.8, 4) is 0 Å². The van der Waals surface area contributed by atoms with Crippen molar-refractivity contribution in [2.45, 2.75) is 0 Å². The third-order valence-electron chi connectivity index (χ3n) is 3.00. The Morgan fingerprint density at radius 1 is 0.500 bits per heavy atom. The molecule has 0 fully saturated rings. The molecule has 0 aromatic heterocycles. The molecule has 140 valence electrons. The lowest BCUT2D eigenvalue weighted by Crippen LogP contribution is -2.30. The molecule has 0 spiro atoms. The van der Waals surface area contributed by atoms with Crippen molar-refractivity contribution in [2.75, 3.05) is 0 Å². The van der Waals surface area contributed by atoms with E-state index in [0.29, 0.717) is 0 Å². The van der Waals surface area contributed by atoms with E-state index in [9.17, 15) is 43.9 Å². The zero-order valence-corrected chi connectivity index (χ0v) is 14.1. The van der Waals surface area contributed by atoms with Crippen LogP contribution in [-0.4, -0.2) is 3.94 Å². The first-order valence-corrected chi connectivity index (χ1v) is 8.13. The fraction of sp³-hybridized carbons (Fsp3) is 0. The Balaban J connectivity index is 2.99. The minimum atomic E-state index is -3.63. The summed E-state index contributed by atoms with van der Waals surface area (Å²) >= 11 is 8.72. The van der Waals surface area contributed by atoms with Crippen molar-refractivity contribution in [1.29, 1.82) is 0 Å².